The summed E-state index contributed by atoms with van der Waals surface area (Å²) in [5, 5.41) is 0. The smallest absolute Gasteiger partial charge is 0.288 e. The van der Waals surface area contributed by atoms with Gasteiger partial charge in [0.2, 0.25) is 5.95 Å². The van der Waals surface area contributed by atoms with E-state index in [0.717, 1.165) is 10.1 Å². The number of carbonyl (C=O) groups is 1. The van der Waals surface area contributed by atoms with Gasteiger partial charge in [0.1, 0.15) is 0 Å². The maximum absolute atomic E-state index is 13.0. The number of nitrogen functional groups attached to an aromatic ring is 1. The van der Waals surface area contributed by atoms with Crippen molar-refractivity contribution < 1.29 is 4.79 Å². The Morgan fingerprint density at radius 1 is 1.00 bits per heavy atom. The van der Waals surface area contributed by atoms with Crippen LogP contribution in [-0.2, 0) is 6.54 Å². The number of imidazole rings is 1. The SMILES string of the molecule is Nc1nc2ncn(Cc3ccccc3)c2c(=O)n1C(=O)c1ccccc1. The molecule has 0 aliphatic carbocycles. The van der Waals surface area contributed by atoms with Crippen LogP contribution < -0.4 is 11.3 Å². The molecule has 0 saturated carbocycles. The molecule has 2 aromatic carbocycles. The predicted octanol–water partition coefficient (Wildman–Crippen LogP) is 1.91. The second-order valence-corrected chi connectivity index (χ2v) is 5.81. The lowest BCUT2D eigenvalue weighted by atomic mass is 10.2. The summed E-state index contributed by atoms with van der Waals surface area (Å²) in [6.07, 6.45) is 1.53. The number of hydrogen-bond acceptors (Lipinski definition) is 5. The van der Waals surface area contributed by atoms with Gasteiger partial charge in [0.25, 0.3) is 11.5 Å². The van der Waals surface area contributed by atoms with Crippen LogP contribution in [0.5, 0.6) is 0 Å². The van der Waals surface area contributed by atoms with Crippen LogP contribution >= 0.6 is 0 Å². The molecule has 4 rings (SSSR count). The zero-order valence-electron chi connectivity index (χ0n) is 13.7. The third kappa shape index (κ3) is 2.65. The van der Waals surface area contributed by atoms with Gasteiger partial charge in [-0.25, -0.2) is 9.55 Å². The van der Waals surface area contributed by atoms with Gasteiger partial charge in [0.05, 0.1) is 6.33 Å². The zero-order valence-corrected chi connectivity index (χ0v) is 13.7. The quantitative estimate of drug-likeness (QED) is 0.612. The number of rotatable bonds is 3. The summed E-state index contributed by atoms with van der Waals surface area (Å²) in [6, 6.07) is 18.1. The van der Waals surface area contributed by atoms with E-state index < -0.39 is 11.5 Å². The van der Waals surface area contributed by atoms with Crippen molar-refractivity contribution in [2.75, 3.05) is 5.73 Å². The van der Waals surface area contributed by atoms with Gasteiger partial charge in [-0.3, -0.25) is 9.59 Å². The van der Waals surface area contributed by atoms with Crippen LogP contribution in [0.2, 0.25) is 0 Å². The van der Waals surface area contributed by atoms with Crippen LogP contribution in [0.1, 0.15) is 15.9 Å². The van der Waals surface area contributed by atoms with E-state index in [4.69, 9.17) is 5.73 Å². The maximum atomic E-state index is 13.0. The molecule has 0 amide bonds. The number of benzene rings is 2. The summed E-state index contributed by atoms with van der Waals surface area (Å²) in [5.74, 6) is -0.698. The Kier molecular flexibility index (Phi) is 3.81. The highest BCUT2D eigenvalue weighted by Crippen LogP contribution is 2.12. The van der Waals surface area contributed by atoms with Crippen LogP contribution in [-0.4, -0.2) is 25.0 Å². The molecule has 128 valence electrons. The van der Waals surface area contributed by atoms with Gasteiger partial charge in [0, 0.05) is 12.1 Å². The minimum absolute atomic E-state index is 0.179. The summed E-state index contributed by atoms with van der Waals surface area (Å²) in [4.78, 5) is 34.0. The number of fused-ring (bicyclic) bond motifs is 1. The Morgan fingerprint density at radius 2 is 1.65 bits per heavy atom. The number of aromatic nitrogens is 4. The first kappa shape index (κ1) is 15.8. The third-order valence-corrected chi connectivity index (χ3v) is 4.09. The normalized spacial score (nSPS) is 10.9. The molecule has 4 aromatic rings. The van der Waals surface area contributed by atoms with Gasteiger partial charge < -0.3 is 10.3 Å². The highest BCUT2D eigenvalue weighted by atomic mass is 16.2. The molecule has 0 fully saturated rings. The first-order chi connectivity index (χ1) is 12.6. The highest BCUT2D eigenvalue weighted by molar-refractivity contribution is 5.98. The monoisotopic (exact) mass is 345 g/mol. The number of nitrogens with zero attached hydrogens (tertiary/aromatic N) is 4. The molecule has 0 aliphatic rings. The zero-order chi connectivity index (χ0) is 18.1. The molecule has 26 heavy (non-hydrogen) atoms. The molecule has 2 N–H and O–H groups in total. The topological polar surface area (TPSA) is 95.8 Å². The first-order valence-electron chi connectivity index (χ1n) is 8.02. The standard InChI is InChI=1S/C19H15N5O2/c20-19-22-16-15(23(12-21-16)11-13-7-3-1-4-8-13)18(26)24(19)17(25)14-9-5-2-6-10-14/h1-10,12H,11H2,(H2,20,22). The molecular weight excluding hydrogens is 330 g/mol. The van der Waals surface area contributed by atoms with Crippen molar-refractivity contribution in [3.63, 3.8) is 0 Å². The fraction of sp³-hybridized carbons (Fsp3) is 0.0526. The Morgan fingerprint density at radius 3 is 2.35 bits per heavy atom. The maximum Gasteiger partial charge on any atom is 0.288 e. The van der Waals surface area contributed by atoms with Crippen molar-refractivity contribution in [1.82, 2.24) is 19.1 Å². The van der Waals surface area contributed by atoms with Crippen molar-refractivity contribution in [2.45, 2.75) is 6.54 Å². The van der Waals surface area contributed by atoms with E-state index in [9.17, 15) is 9.59 Å². The first-order valence-corrected chi connectivity index (χ1v) is 8.02. The molecule has 7 heteroatoms. The Hall–Kier alpha value is -3.74. The molecule has 0 saturated heterocycles. The van der Waals surface area contributed by atoms with Crippen LogP contribution in [0, 0.1) is 0 Å². The van der Waals surface area contributed by atoms with Gasteiger partial charge in [-0.1, -0.05) is 48.5 Å². The minimum atomic E-state index is -0.533. The molecular formula is C19H15N5O2. The number of carbonyl (C=O) groups excluding carboxylic acids is 1. The summed E-state index contributed by atoms with van der Waals surface area (Å²) in [6.45, 7) is 0.442. The molecule has 0 unspecified atom stereocenters. The molecule has 7 nitrogen and oxygen atoms in total. The summed E-state index contributed by atoms with van der Waals surface area (Å²) in [5.41, 5.74) is 7.16. The van der Waals surface area contributed by atoms with Crippen LogP contribution in [0.25, 0.3) is 11.2 Å². The van der Waals surface area contributed by atoms with Crippen molar-refractivity contribution in [3.8, 4) is 0 Å². The minimum Gasteiger partial charge on any atom is -0.369 e. The Labute approximate surface area is 148 Å². The molecule has 0 atom stereocenters. The van der Waals surface area contributed by atoms with E-state index in [1.54, 1.807) is 34.9 Å². The van der Waals surface area contributed by atoms with Crippen molar-refractivity contribution in [2.24, 2.45) is 0 Å². The summed E-state index contributed by atoms with van der Waals surface area (Å²) in [7, 11) is 0. The average molecular weight is 345 g/mol. The van der Waals surface area contributed by atoms with Crippen molar-refractivity contribution in [1.29, 1.82) is 0 Å². The Balaban J connectivity index is 1.86. The second-order valence-electron chi connectivity index (χ2n) is 5.81. The summed E-state index contributed by atoms with van der Waals surface area (Å²) >= 11 is 0. The molecule has 0 spiro atoms. The third-order valence-electron chi connectivity index (χ3n) is 4.09. The number of hydrogen-bond donors (Lipinski definition) is 1. The van der Waals surface area contributed by atoms with Crippen LogP contribution in [0.4, 0.5) is 5.95 Å². The van der Waals surface area contributed by atoms with Crippen LogP contribution in [0.15, 0.2) is 71.8 Å². The fourth-order valence-corrected chi connectivity index (χ4v) is 2.85. The van der Waals surface area contributed by atoms with Gasteiger partial charge in [0.15, 0.2) is 11.2 Å². The molecule has 0 radical (unpaired) electrons. The number of nitrogens with two attached hydrogens (primary N) is 1. The van der Waals surface area contributed by atoms with E-state index in [1.807, 2.05) is 30.3 Å². The van der Waals surface area contributed by atoms with E-state index in [2.05, 4.69) is 9.97 Å². The van der Waals surface area contributed by atoms with E-state index in [-0.39, 0.29) is 17.1 Å². The fourth-order valence-electron chi connectivity index (χ4n) is 2.85. The molecule has 0 bridgehead atoms. The van der Waals surface area contributed by atoms with Gasteiger partial charge in [-0.15, -0.1) is 0 Å². The van der Waals surface area contributed by atoms with E-state index in [1.165, 1.54) is 6.33 Å². The molecule has 2 heterocycles. The lowest BCUT2D eigenvalue weighted by molar-refractivity contribution is 0.0958. The van der Waals surface area contributed by atoms with E-state index in [0.29, 0.717) is 12.1 Å². The largest absolute Gasteiger partial charge is 0.369 e. The number of anilines is 1. The van der Waals surface area contributed by atoms with Gasteiger partial charge >= 0.3 is 0 Å². The van der Waals surface area contributed by atoms with Crippen molar-refractivity contribution in [3.05, 3.63) is 88.5 Å². The molecule has 2 aromatic heterocycles. The highest BCUT2D eigenvalue weighted by Gasteiger charge is 2.19. The Bertz CT molecular complexity index is 1150. The summed E-state index contributed by atoms with van der Waals surface area (Å²) < 4.78 is 2.56. The molecule has 0 aliphatic heterocycles. The van der Waals surface area contributed by atoms with E-state index >= 15 is 0 Å². The van der Waals surface area contributed by atoms with Crippen molar-refractivity contribution >= 4 is 23.0 Å². The van der Waals surface area contributed by atoms with Crippen LogP contribution in [0.3, 0.4) is 0 Å². The second kappa shape index (κ2) is 6.29. The van der Waals surface area contributed by atoms with Gasteiger partial charge in [-0.2, -0.15) is 4.98 Å². The average Bonchev–Trinajstić information content (AvgIpc) is 3.05. The lowest BCUT2D eigenvalue weighted by Gasteiger charge is -2.09. The van der Waals surface area contributed by atoms with Gasteiger partial charge in [-0.05, 0) is 17.7 Å². The predicted molar refractivity (Wildman–Crippen MR) is 97.9 cm³/mol. The lowest BCUT2D eigenvalue weighted by Crippen LogP contribution is -2.31.